The van der Waals surface area contributed by atoms with Crippen molar-refractivity contribution in [1.29, 1.82) is 0 Å². The highest BCUT2D eigenvalue weighted by Gasteiger charge is 2.30. The fourth-order valence-corrected chi connectivity index (χ4v) is 2.96. The summed E-state index contributed by atoms with van der Waals surface area (Å²) in [7, 11) is 1.60. The summed E-state index contributed by atoms with van der Waals surface area (Å²) in [6, 6.07) is 8.77. The fourth-order valence-electron chi connectivity index (χ4n) is 2.96. The molecule has 0 radical (unpaired) electrons. The number of benzene rings is 1. The number of pyridine rings is 1. The van der Waals surface area contributed by atoms with Crippen LogP contribution in [0, 0.1) is 0 Å². The molecule has 2 aromatic rings. The number of rotatable bonds is 5. The fraction of sp³-hybridized carbons (Fsp3) is 0.316. The second-order valence-corrected chi connectivity index (χ2v) is 6.02. The highest BCUT2D eigenvalue weighted by Crippen LogP contribution is 2.23. The van der Waals surface area contributed by atoms with E-state index in [9.17, 15) is 9.59 Å². The van der Waals surface area contributed by atoms with Crippen LogP contribution < -0.4 is 4.74 Å². The number of carboxylic acids is 1. The lowest BCUT2D eigenvalue weighted by atomic mass is 10.0. The quantitative estimate of drug-likeness (QED) is 0.882. The molecule has 1 aromatic carbocycles. The van der Waals surface area contributed by atoms with Crippen molar-refractivity contribution in [2.75, 3.05) is 26.9 Å². The van der Waals surface area contributed by atoms with Gasteiger partial charge in [0.05, 0.1) is 38.3 Å². The predicted molar refractivity (Wildman–Crippen MR) is 94.1 cm³/mol. The third-order valence-electron chi connectivity index (χ3n) is 4.31. The molecular formula is C19H20N2O5. The molecule has 1 fully saturated rings. The predicted octanol–water partition coefficient (Wildman–Crippen LogP) is 2.07. The minimum atomic E-state index is -0.955. The Morgan fingerprint density at radius 1 is 1.27 bits per heavy atom. The Bertz CT molecular complexity index is 791. The molecule has 0 aliphatic carbocycles. The summed E-state index contributed by atoms with van der Waals surface area (Å²) in [5, 5.41) is 9.06. The van der Waals surface area contributed by atoms with Gasteiger partial charge in [-0.15, -0.1) is 0 Å². The zero-order valence-electron chi connectivity index (χ0n) is 14.4. The Morgan fingerprint density at radius 3 is 2.73 bits per heavy atom. The summed E-state index contributed by atoms with van der Waals surface area (Å²) >= 11 is 0. The zero-order valence-corrected chi connectivity index (χ0v) is 14.4. The Morgan fingerprint density at radius 2 is 2.04 bits per heavy atom. The van der Waals surface area contributed by atoms with Gasteiger partial charge in [-0.1, -0.05) is 12.1 Å². The van der Waals surface area contributed by atoms with Crippen molar-refractivity contribution in [2.24, 2.45) is 0 Å². The summed E-state index contributed by atoms with van der Waals surface area (Å²) in [6.45, 7) is 0.987. The van der Waals surface area contributed by atoms with Gasteiger partial charge in [0.25, 0.3) is 5.91 Å². The van der Waals surface area contributed by atoms with Gasteiger partial charge in [0.1, 0.15) is 5.75 Å². The number of aromatic nitrogens is 1. The number of aliphatic carboxylic acids is 1. The van der Waals surface area contributed by atoms with Crippen molar-refractivity contribution in [1.82, 2.24) is 9.88 Å². The Hall–Kier alpha value is -2.93. The summed E-state index contributed by atoms with van der Waals surface area (Å²) in [5.41, 5.74) is 2.15. The number of amides is 1. The number of hydrogen-bond donors (Lipinski definition) is 1. The SMILES string of the molecule is COc1ccc(-c2cncc(C(=O)N3CCOCC3CC(=O)O)c2)cc1. The third kappa shape index (κ3) is 4.00. The number of carbonyl (C=O) groups excluding carboxylic acids is 1. The molecule has 1 atom stereocenters. The summed E-state index contributed by atoms with van der Waals surface area (Å²) in [5.74, 6) is -0.440. The average Bonchev–Trinajstić information content (AvgIpc) is 2.67. The Balaban J connectivity index is 1.83. The molecule has 1 unspecified atom stereocenters. The van der Waals surface area contributed by atoms with Crippen molar-refractivity contribution >= 4 is 11.9 Å². The topological polar surface area (TPSA) is 89.0 Å². The van der Waals surface area contributed by atoms with Gasteiger partial charge in [0, 0.05) is 24.5 Å². The lowest BCUT2D eigenvalue weighted by molar-refractivity contribution is -0.139. The largest absolute Gasteiger partial charge is 0.497 e. The molecule has 0 spiro atoms. The lowest BCUT2D eigenvalue weighted by Gasteiger charge is -2.34. The average molecular weight is 356 g/mol. The Labute approximate surface area is 151 Å². The standard InChI is InChI=1S/C19H20N2O5/c1-25-17-4-2-13(3-5-17)14-8-15(11-20-10-14)19(24)21-6-7-26-12-16(21)9-18(22)23/h2-5,8,10-11,16H,6-7,9,12H2,1H3,(H,22,23). The molecule has 136 valence electrons. The van der Waals surface area contributed by atoms with E-state index in [1.165, 1.54) is 6.20 Å². The first-order chi connectivity index (χ1) is 12.6. The zero-order chi connectivity index (χ0) is 18.5. The van der Waals surface area contributed by atoms with Gasteiger partial charge in [0.15, 0.2) is 0 Å². The minimum absolute atomic E-state index is 0.142. The van der Waals surface area contributed by atoms with E-state index in [2.05, 4.69) is 4.98 Å². The molecule has 0 bridgehead atoms. The second-order valence-electron chi connectivity index (χ2n) is 6.02. The van der Waals surface area contributed by atoms with E-state index in [0.29, 0.717) is 18.7 Å². The summed E-state index contributed by atoms with van der Waals surface area (Å²) < 4.78 is 10.5. The van der Waals surface area contributed by atoms with Gasteiger partial charge in [-0.05, 0) is 23.8 Å². The van der Waals surface area contributed by atoms with Gasteiger partial charge in [-0.2, -0.15) is 0 Å². The van der Waals surface area contributed by atoms with Crippen LogP contribution in [-0.4, -0.2) is 59.8 Å². The number of nitrogens with zero attached hydrogens (tertiary/aromatic N) is 2. The van der Waals surface area contributed by atoms with E-state index in [1.807, 2.05) is 24.3 Å². The molecule has 1 N–H and O–H groups in total. The molecule has 1 saturated heterocycles. The van der Waals surface area contributed by atoms with Crippen molar-refractivity contribution < 1.29 is 24.2 Å². The van der Waals surface area contributed by atoms with Crippen LogP contribution in [0.3, 0.4) is 0 Å². The van der Waals surface area contributed by atoms with Crippen LogP contribution in [0.15, 0.2) is 42.7 Å². The first-order valence-electron chi connectivity index (χ1n) is 8.28. The van der Waals surface area contributed by atoms with Crippen LogP contribution in [0.5, 0.6) is 5.75 Å². The molecule has 1 aliphatic rings. The second kappa shape index (κ2) is 7.97. The number of methoxy groups -OCH3 is 1. The van der Waals surface area contributed by atoms with Crippen molar-refractivity contribution in [3.05, 3.63) is 48.3 Å². The van der Waals surface area contributed by atoms with Gasteiger partial charge < -0.3 is 19.5 Å². The smallest absolute Gasteiger partial charge is 0.305 e. The van der Waals surface area contributed by atoms with Crippen LogP contribution in [0.1, 0.15) is 16.8 Å². The summed E-state index contributed by atoms with van der Waals surface area (Å²) in [4.78, 5) is 29.7. The number of morpholine rings is 1. The number of carboxylic acid groups (broad SMARTS) is 1. The van der Waals surface area contributed by atoms with Crippen molar-refractivity contribution in [3.8, 4) is 16.9 Å². The van der Waals surface area contributed by atoms with Gasteiger partial charge >= 0.3 is 5.97 Å². The maximum absolute atomic E-state index is 12.9. The van der Waals surface area contributed by atoms with Gasteiger partial charge in [-0.3, -0.25) is 14.6 Å². The summed E-state index contributed by atoms with van der Waals surface area (Å²) in [6.07, 6.45) is 3.05. The highest BCUT2D eigenvalue weighted by atomic mass is 16.5. The van der Waals surface area contributed by atoms with Gasteiger partial charge in [0.2, 0.25) is 0 Å². The third-order valence-corrected chi connectivity index (χ3v) is 4.31. The molecule has 1 aliphatic heterocycles. The molecule has 1 amide bonds. The Kier molecular flexibility index (Phi) is 5.48. The van der Waals surface area contributed by atoms with Crippen molar-refractivity contribution in [2.45, 2.75) is 12.5 Å². The molecule has 7 nitrogen and oxygen atoms in total. The lowest BCUT2D eigenvalue weighted by Crippen LogP contribution is -2.49. The van der Waals surface area contributed by atoms with E-state index in [-0.39, 0.29) is 18.9 Å². The molecule has 7 heteroatoms. The highest BCUT2D eigenvalue weighted by molar-refractivity contribution is 5.95. The van der Waals surface area contributed by atoms with Crippen LogP contribution in [0.25, 0.3) is 11.1 Å². The van der Waals surface area contributed by atoms with Crippen LogP contribution in [0.4, 0.5) is 0 Å². The van der Waals surface area contributed by atoms with Crippen LogP contribution in [0.2, 0.25) is 0 Å². The monoisotopic (exact) mass is 356 g/mol. The van der Waals surface area contributed by atoms with Crippen LogP contribution >= 0.6 is 0 Å². The molecule has 1 aromatic heterocycles. The van der Waals surface area contributed by atoms with E-state index >= 15 is 0 Å². The molecule has 3 rings (SSSR count). The number of hydrogen-bond acceptors (Lipinski definition) is 5. The first-order valence-corrected chi connectivity index (χ1v) is 8.28. The molecular weight excluding hydrogens is 336 g/mol. The number of carbonyl (C=O) groups is 2. The molecule has 26 heavy (non-hydrogen) atoms. The minimum Gasteiger partial charge on any atom is -0.497 e. The van der Waals surface area contributed by atoms with Gasteiger partial charge in [-0.25, -0.2) is 0 Å². The normalized spacial score (nSPS) is 17.0. The van der Waals surface area contributed by atoms with E-state index < -0.39 is 12.0 Å². The van der Waals surface area contributed by atoms with Crippen molar-refractivity contribution in [3.63, 3.8) is 0 Å². The molecule has 2 heterocycles. The van der Waals surface area contributed by atoms with E-state index in [4.69, 9.17) is 14.6 Å². The molecule has 0 saturated carbocycles. The maximum atomic E-state index is 12.9. The van der Waals surface area contributed by atoms with Crippen LogP contribution in [-0.2, 0) is 9.53 Å². The maximum Gasteiger partial charge on any atom is 0.305 e. The number of ether oxygens (including phenoxy) is 2. The van der Waals surface area contributed by atoms with E-state index in [1.54, 1.807) is 24.3 Å². The van der Waals surface area contributed by atoms with E-state index in [0.717, 1.165) is 16.9 Å². The first kappa shape index (κ1) is 17.9.